The van der Waals surface area contributed by atoms with Gasteiger partial charge in [0.25, 0.3) is 0 Å². The standard InChI is InChI=1S/C25H32N2O3/c1-29-23-10-8-22(9-11-23)26-24(28)30-19-18-27-17-5-14-25(27)15-12-21(13-16-25)20-6-3-2-4-7-20/h2-4,6-11,21H,5,12-19H2,1H3,(H,26,28). The van der Waals surface area contributed by atoms with Crippen LogP contribution in [0, 0.1) is 0 Å². The summed E-state index contributed by atoms with van der Waals surface area (Å²) in [5.41, 5.74) is 2.49. The summed E-state index contributed by atoms with van der Waals surface area (Å²) >= 11 is 0. The summed E-state index contributed by atoms with van der Waals surface area (Å²) in [5, 5.41) is 2.78. The average Bonchev–Trinajstić information content (AvgIpc) is 3.17. The van der Waals surface area contributed by atoms with Gasteiger partial charge in [0.15, 0.2) is 0 Å². The number of hydrogen-bond donors (Lipinski definition) is 1. The predicted molar refractivity (Wildman–Crippen MR) is 119 cm³/mol. The Morgan fingerprint density at radius 1 is 1.07 bits per heavy atom. The van der Waals surface area contributed by atoms with E-state index in [4.69, 9.17) is 9.47 Å². The van der Waals surface area contributed by atoms with Crippen LogP contribution in [0.3, 0.4) is 0 Å². The fraction of sp³-hybridized carbons (Fsp3) is 0.480. The molecule has 1 heterocycles. The van der Waals surface area contributed by atoms with E-state index < -0.39 is 6.09 Å². The van der Waals surface area contributed by atoms with Crippen LogP contribution in [0.1, 0.15) is 50.0 Å². The van der Waals surface area contributed by atoms with Crippen LogP contribution in [0.15, 0.2) is 54.6 Å². The Morgan fingerprint density at radius 3 is 2.50 bits per heavy atom. The van der Waals surface area contributed by atoms with Crippen molar-refractivity contribution >= 4 is 11.8 Å². The number of hydrogen-bond acceptors (Lipinski definition) is 4. The van der Waals surface area contributed by atoms with Gasteiger partial charge in [-0.3, -0.25) is 10.2 Å². The molecule has 0 bridgehead atoms. The average molecular weight is 409 g/mol. The molecule has 5 heteroatoms. The van der Waals surface area contributed by atoms with E-state index in [1.165, 1.54) is 44.1 Å². The molecule has 30 heavy (non-hydrogen) atoms. The molecule has 1 aliphatic carbocycles. The molecule has 1 amide bonds. The lowest BCUT2D eigenvalue weighted by Crippen LogP contribution is -2.47. The van der Waals surface area contributed by atoms with E-state index in [-0.39, 0.29) is 0 Å². The van der Waals surface area contributed by atoms with Gasteiger partial charge in [-0.15, -0.1) is 0 Å². The quantitative estimate of drug-likeness (QED) is 0.692. The Kier molecular flexibility index (Phi) is 6.58. The zero-order chi connectivity index (χ0) is 20.8. The zero-order valence-corrected chi connectivity index (χ0v) is 17.8. The third kappa shape index (κ3) is 4.78. The van der Waals surface area contributed by atoms with Gasteiger partial charge in [-0.05, 0) is 80.8 Å². The van der Waals surface area contributed by atoms with Gasteiger partial charge in [-0.25, -0.2) is 4.79 Å². The summed E-state index contributed by atoms with van der Waals surface area (Å²) in [5.74, 6) is 1.45. The van der Waals surface area contributed by atoms with E-state index in [2.05, 4.69) is 40.5 Å². The molecular formula is C25H32N2O3. The molecule has 2 fully saturated rings. The molecule has 1 aliphatic heterocycles. The minimum absolute atomic E-state index is 0.307. The van der Waals surface area contributed by atoms with E-state index in [1.54, 1.807) is 19.2 Å². The summed E-state index contributed by atoms with van der Waals surface area (Å²) in [6, 6.07) is 18.2. The molecule has 160 valence electrons. The smallest absolute Gasteiger partial charge is 0.411 e. The molecule has 0 atom stereocenters. The second kappa shape index (κ2) is 9.52. The molecule has 1 N–H and O–H groups in total. The largest absolute Gasteiger partial charge is 0.497 e. The van der Waals surface area contributed by atoms with Gasteiger partial charge in [0.2, 0.25) is 0 Å². The maximum absolute atomic E-state index is 12.1. The van der Waals surface area contributed by atoms with Gasteiger partial charge in [0.1, 0.15) is 12.4 Å². The van der Waals surface area contributed by atoms with Crippen molar-refractivity contribution in [2.24, 2.45) is 0 Å². The number of carbonyl (C=O) groups is 1. The number of nitrogens with one attached hydrogen (secondary N) is 1. The van der Waals surface area contributed by atoms with Gasteiger partial charge >= 0.3 is 6.09 Å². The number of carbonyl (C=O) groups excluding carboxylic acids is 1. The molecule has 4 rings (SSSR count). The lowest BCUT2D eigenvalue weighted by Gasteiger charge is -2.44. The lowest BCUT2D eigenvalue weighted by atomic mass is 9.73. The van der Waals surface area contributed by atoms with E-state index in [0.717, 1.165) is 18.8 Å². The van der Waals surface area contributed by atoms with Crippen LogP contribution in [-0.2, 0) is 4.74 Å². The molecule has 0 radical (unpaired) electrons. The summed E-state index contributed by atoms with van der Waals surface area (Å²) in [6.45, 7) is 2.34. The number of benzene rings is 2. The highest BCUT2D eigenvalue weighted by Crippen LogP contribution is 2.46. The normalized spacial score (nSPS) is 24.0. The fourth-order valence-corrected chi connectivity index (χ4v) is 5.20. The number of rotatable bonds is 6. The van der Waals surface area contributed by atoms with Crippen molar-refractivity contribution in [3.63, 3.8) is 0 Å². The molecule has 2 aromatic carbocycles. The maximum atomic E-state index is 12.1. The van der Waals surface area contributed by atoms with E-state index in [0.29, 0.717) is 23.8 Å². The SMILES string of the molecule is COc1ccc(NC(=O)OCCN2CCCC23CCC(c2ccccc2)CC3)cc1. The van der Waals surface area contributed by atoms with Crippen molar-refractivity contribution in [1.82, 2.24) is 4.90 Å². The minimum Gasteiger partial charge on any atom is -0.497 e. The zero-order valence-electron chi connectivity index (χ0n) is 17.8. The lowest BCUT2D eigenvalue weighted by molar-refractivity contribution is 0.0629. The van der Waals surface area contributed by atoms with Crippen LogP contribution < -0.4 is 10.1 Å². The van der Waals surface area contributed by atoms with E-state index in [1.807, 2.05) is 12.1 Å². The Balaban J connectivity index is 1.24. The van der Waals surface area contributed by atoms with Crippen molar-refractivity contribution in [3.05, 3.63) is 60.2 Å². The third-order valence-corrected chi connectivity index (χ3v) is 6.86. The molecule has 1 spiro atoms. The van der Waals surface area contributed by atoms with Crippen molar-refractivity contribution in [2.75, 3.05) is 32.1 Å². The number of methoxy groups -OCH3 is 1. The Bertz CT molecular complexity index is 814. The van der Waals surface area contributed by atoms with Crippen LogP contribution in [0.2, 0.25) is 0 Å². The first-order valence-electron chi connectivity index (χ1n) is 11.1. The van der Waals surface area contributed by atoms with Gasteiger partial charge < -0.3 is 9.47 Å². The maximum Gasteiger partial charge on any atom is 0.411 e. The van der Waals surface area contributed by atoms with Crippen LogP contribution in [0.25, 0.3) is 0 Å². The minimum atomic E-state index is -0.402. The number of amides is 1. The molecule has 2 aliphatic rings. The van der Waals surface area contributed by atoms with Gasteiger partial charge in [0, 0.05) is 17.8 Å². The summed E-state index contributed by atoms with van der Waals surface area (Å²) in [4.78, 5) is 14.7. The molecule has 5 nitrogen and oxygen atoms in total. The number of nitrogens with zero attached hydrogens (tertiary/aromatic N) is 1. The Hall–Kier alpha value is -2.53. The molecular weight excluding hydrogens is 376 g/mol. The van der Waals surface area contributed by atoms with Crippen molar-refractivity contribution < 1.29 is 14.3 Å². The Labute approximate surface area is 179 Å². The number of anilines is 1. The second-order valence-electron chi connectivity index (χ2n) is 8.49. The topological polar surface area (TPSA) is 50.8 Å². The molecule has 0 unspecified atom stereocenters. The summed E-state index contributed by atoms with van der Waals surface area (Å²) < 4.78 is 10.6. The highest BCUT2D eigenvalue weighted by Gasteiger charge is 2.43. The molecule has 2 aromatic rings. The van der Waals surface area contributed by atoms with Gasteiger partial charge in [-0.2, -0.15) is 0 Å². The van der Waals surface area contributed by atoms with Crippen LogP contribution >= 0.6 is 0 Å². The van der Waals surface area contributed by atoms with Crippen molar-refractivity contribution in [3.8, 4) is 5.75 Å². The van der Waals surface area contributed by atoms with Crippen LogP contribution in [0.5, 0.6) is 5.75 Å². The van der Waals surface area contributed by atoms with E-state index in [9.17, 15) is 4.79 Å². The summed E-state index contributed by atoms with van der Waals surface area (Å²) in [7, 11) is 1.62. The first kappa shape index (κ1) is 20.7. The fourth-order valence-electron chi connectivity index (χ4n) is 5.20. The number of ether oxygens (including phenoxy) is 2. The van der Waals surface area contributed by atoms with E-state index >= 15 is 0 Å². The van der Waals surface area contributed by atoms with Crippen LogP contribution in [0.4, 0.5) is 10.5 Å². The van der Waals surface area contributed by atoms with Gasteiger partial charge in [0.05, 0.1) is 7.11 Å². The molecule has 1 saturated carbocycles. The van der Waals surface area contributed by atoms with Crippen LogP contribution in [-0.4, -0.2) is 43.3 Å². The molecule has 0 aromatic heterocycles. The summed E-state index contributed by atoms with van der Waals surface area (Å²) in [6.07, 6.45) is 7.09. The number of likely N-dealkylation sites (tertiary alicyclic amines) is 1. The monoisotopic (exact) mass is 408 g/mol. The third-order valence-electron chi connectivity index (χ3n) is 6.86. The predicted octanol–water partition coefficient (Wildman–Crippen LogP) is 5.44. The van der Waals surface area contributed by atoms with Crippen molar-refractivity contribution in [1.29, 1.82) is 0 Å². The first-order valence-corrected chi connectivity index (χ1v) is 11.1. The van der Waals surface area contributed by atoms with Gasteiger partial charge in [-0.1, -0.05) is 30.3 Å². The van der Waals surface area contributed by atoms with Crippen molar-refractivity contribution in [2.45, 2.75) is 50.0 Å². The molecule has 1 saturated heterocycles. The first-order chi connectivity index (χ1) is 14.7. The Morgan fingerprint density at radius 2 is 1.80 bits per heavy atom. The highest BCUT2D eigenvalue weighted by molar-refractivity contribution is 5.84. The highest BCUT2D eigenvalue weighted by atomic mass is 16.5. The second-order valence-corrected chi connectivity index (χ2v) is 8.49.